The van der Waals surface area contributed by atoms with Gasteiger partial charge >= 0.3 is 6.03 Å². The number of H-pyrrole nitrogens is 1. The number of carbonyl (C=O) groups is 1. The second-order valence-electron chi connectivity index (χ2n) is 7.36. The van der Waals surface area contributed by atoms with E-state index >= 15 is 0 Å². The summed E-state index contributed by atoms with van der Waals surface area (Å²) in [6.45, 7) is 1.34. The lowest BCUT2D eigenvalue weighted by Gasteiger charge is -2.32. The lowest BCUT2D eigenvalue weighted by atomic mass is 9.97. The molecule has 7 nitrogen and oxygen atoms in total. The Bertz CT molecular complexity index is 980. The number of urea groups is 1. The molecule has 1 aromatic heterocycles. The molecule has 0 saturated carbocycles. The zero-order valence-corrected chi connectivity index (χ0v) is 17.2. The summed E-state index contributed by atoms with van der Waals surface area (Å²) in [6, 6.07) is 15.3. The zero-order valence-electron chi connectivity index (χ0n) is 17.2. The van der Waals surface area contributed by atoms with E-state index in [0.717, 1.165) is 36.5 Å². The molecule has 2 N–H and O–H groups in total. The molecule has 0 unspecified atom stereocenters. The minimum absolute atomic E-state index is 0.134. The average Bonchev–Trinajstić information content (AvgIpc) is 3.30. The molecule has 1 fully saturated rings. The third-order valence-electron chi connectivity index (χ3n) is 5.38. The van der Waals surface area contributed by atoms with Crippen LogP contribution < -0.4 is 14.8 Å². The lowest BCUT2D eigenvalue weighted by molar-refractivity contribution is 0.191. The van der Waals surface area contributed by atoms with Crippen LogP contribution in [0.1, 0.15) is 24.6 Å². The van der Waals surface area contributed by atoms with E-state index in [-0.39, 0.29) is 11.9 Å². The SMILES string of the molecule is COc1cc(NC(=O)N2CCC[C@H](c3ncc(-c4ccccc4)[nH]3)C2)cc(OC)c1. The van der Waals surface area contributed by atoms with E-state index in [9.17, 15) is 4.79 Å². The number of imidazole rings is 1. The molecule has 0 radical (unpaired) electrons. The Hall–Kier alpha value is -3.48. The van der Waals surface area contributed by atoms with Crippen LogP contribution in [0.3, 0.4) is 0 Å². The molecular weight excluding hydrogens is 380 g/mol. The summed E-state index contributed by atoms with van der Waals surface area (Å²) >= 11 is 0. The standard InChI is InChI=1S/C23H26N4O3/c1-29-19-11-18(12-20(13-19)30-2)25-23(28)27-10-6-9-17(15-27)22-24-14-21(26-22)16-7-4-3-5-8-16/h3-5,7-8,11-14,17H,6,9-10,15H2,1-2H3,(H,24,26)(H,25,28)/t17-/m0/s1. The molecule has 1 atom stereocenters. The van der Waals surface area contributed by atoms with Crippen LogP contribution in [0, 0.1) is 0 Å². The molecule has 1 aliphatic heterocycles. The number of rotatable bonds is 5. The molecule has 2 aromatic carbocycles. The Balaban J connectivity index is 1.44. The molecule has 4 rings (SSSR count). The molecule has 0 bridgehead atoms. The van der Waals surface area contributed by atoms with Crippen LogP contribution in [0.5, 0.6) is 11.5 Å². The molecule has 2 heterocycles. The van der Waals surface area contributed by atoms with Crippen molar-refractivity contribution >= 4 is 11.7 Å². The van der Waals surface area contributed by atoms with E-state index in [4.69, 9.17) is 9.47 Å². The predicted molar refractivity (Wildman–Crippen MR) is 116 cm³/mol. The summed E-state index contributed by atoms with van der Waals surface area (Å²) in [5, 5.41) is 2.96. The predicted octanol–water partition coefficient (Wildman–Crippen LogP) is 4.51. The molecule has 1 aliphatic rings. The van der Waals surface area contributed by atoms with Gasteiger partial charge in [0.25, 0.3) is 0 Å². The fraction of sp³-hybridized carbons (Fsp3) is 0.304. The van der Waals surface area contributed by atoms with Crippen molar-refractivity contribution in [2.45, 2.75) is 18.8 Å². The van der Waals surface area contributed by atoms with Crippen molar-refractivity contribution < 1.29 is 14.3 Å². The molecular formula is C23H26N4O3. The first-order valence-electron chi connectivity index (χ1n) is 10.1. The number of aromatic nitrogens is 2. The number of anilines is 1. The maximum Gasteiger partial charge on any atom is 0.321 e. The number of piperidine rings is 1. The fourth-order valence-electron chi connectivity index (χ4n) is 3.78. The van der Waals surface area contributed by atoms with E-state index in [2.05, 4.69) is 27.4 Å². The monoisotopic (exact) mass is 406 g/mol. The highest BCUT2D eigenvalue weighted by Gasteiger charge is 2.27. The number of benzene rings is 2. The molecule has 0 spiro atoms. The summed E-state index contributed by atoms with van der Waals surface area (Å²) in [7, 11) is 3.17. The molecule has 7 heteroatoms. The summed E-state index contributed by atoms with van der Waals surface area (Å²) < 4.78 is 10.6. The van der Waals surface area contributed by atoms with Gasteiger partial charge in [-0.15, -0.1) is 0 Å². The van der Waals surface area contributed by atoms with Crippen LogP contribution in [0.4, 0.5) is 10.5 Å². The van der Waals surface area contributed by atoms with Crippen molar-refractivity contribution in [1.29, 1.82) is 0 Å². The number of methoxy groups -OCH3 is 2. The van der Waals surface area contributed by atoms with E-state index in [0.29, 0.717) is 23.7 Å². The van der Waals surface area contributed by atoms with Crippen LogP contribution in [0.15, 0.2) is 54.7 Å². The average molecular weight is 406 g/mol. The van der Waals surface area contributed by atoms with Crippen molar-refractivity contribution in [1.82, 2.24) is 14.9 Å². The van der Waals surface area contributed by atoms with E-state index in [1.165, 1.54) is 0 Å². The van der Waals surface area contributed by atoms with Gasteiger partial charge in [0, 0.05) is 42.9 Å². The Kier molecular flexibility index (Phi) is 5.88. The second-order valence-corrected chi connectivity index (χ2v) is 7.36. The smallest absolute Gasteiger partial charge is 0.321 e. The number of hydrogen-bond acceptors (Lipinski definition) is 4. The highest BCUT2D eigenvalue weighted by atomic mass is 16.5. The van der Waals surface area contributed by atoms with Crippen LogP contribution in [0.2, 0.25) is 0 Å². The van der Waals surface area contributed by atoms with Crippen LogP contribution >= 0.6 is 0 Å². The van der Waals surface area contributed by atoms with Crippen LogP contribution in [-0.4, -0.2) is 48.2 Å². The highest BCUT2D eigenvalue weighted by molar-refractivity contribution is 5.90. The number of amides is 2. The Morgan fingerprint density at radius 2 is 1.87 bits per heavy atom. The number of ether oxygens (including phenoxy) is 2. The molecule has 3 aromatic rings. The number of nitrogens with one attached hydrogen (secondary N) is 2. The second kappa shape index (κ2) is 8.90. The normalized spacial score (nSPS) is 16.2. The Labute approximate surface area is 176 Å². The van der Waals surface area contributed by atoms with Gasteiger partial charge in [-0.05, 0) is 18.4 Å². The third-order valence-corrected chi connectivity index (χ3v) is 5.38. The Morgan fingerprint density at radius 1 is 1.13 bits per heavy atom. The number of aromatic amines is 1. The molecule has 30 heavy (non-hydrogen) atoms. The maximum absolute atomic E-state index is 12.9. The fourth-order valence-corrected chi connectivity index (χ4v) is 3.78. The first-order chi connectivity index (χ1) is 14.7. The number of hydrogen-bond donors (Lipinski definition) is 2. The highest BCUT2D eigenvalue weighted by Crippen LogP contribution is 2.29. The number of likely N-dealkylation sites (tertiary alicyclic amines) is 1. The summed E-state index contributed by atoms with van der Waals surface area (Å²) in [5.74, 6) is 2.37. The van der Waals surface area contributed by atoms with Crippen LogP contribution in [0.25, 0.3) is 11.3 Å². The molecule has 156 valence electrons. The van der Waals surface area contributed by atoms with Gasteiger partial charge in [0.2, 0.25) is 0 Å². The first kappa shape index (κ1) is 19.8. The zero-order chi connectivity index (χ0) is 20.9. The van der Waals surface area contributed by atoms with E-state index < -0.39 is 0 Å². The van der Waals surface area contributed by atoms with Crippen molar-refractivity contribution in [2.24, 2.45) is 0 Å². The topological polar surface area (TPSA) is 79.5 Å². The number of nitrogens with zero attached hydrogens (tertiary/aromatic N) is 2. The van der Waals surface area contributed by atoms with Gasteiger partial charge in [0.1, 0.15) is 17.3 Å². The first-order valence-corrected chi connectivity index (χ1v) is 10.1. The minimum atomic E-state index is -0.134. The lowest BCUT2D eigenvalue weighted by Crippen LogP contribution is -2.41. The quantitative estimate of drug-likeness (QED) is 0.654. The van der Waals surface area contributed by atoms with Gasteiger partial charge in [-0.2, -0.15) is 0 Å². The molecule has 2 amide bonds. The van der Waals surface area contributed by atoms with Gasteiger partial charge in [0.05, 0.1) is 26.1 Å². The van der Waals surface area contributed by atoms with Crippen molar-refractivity contribution in [3.05, 3.63) is 60.6 Å². The van der Waals surface area contributed by atoms with E-state index in [1.807, 2.05) is 29.3 Å². The van der Waals surface area contributed by atoms with Gasteiger partial charge in [-0.25, -0.2) is 9.78 Å². The van der Waals surface area contributed by atoms with Gasteiger partial charge in [0.15, 0.2) is 0 Å². The van der Waals surface area contributed by atoms with Gasteiger partial charge in [-0.3, -0.25) is 0 Å². The summed E-state index contributed by atoms with van der Waals surface area (Å²) in [6.07, 6.45) is 3.80. The molecule has 0 aliphatic carbocycles. The van der Waals surface area contributed by atoms with Crippen molar-refractivity contribution in [3.8, 4) is 22.8 Å². The number of carbonyl (C=O) groups excluding carboxylic acids is 1. The van der Waals surface area contributed by atoms with Crippen molar-refractivity contribution in [2.75, 3.05) is 32.6 Å². The van der Waals surface area contributed by atoms with E-state index in [1.54, 1.807) is 32.4 Å². The Morgan fingerprint density at radius 3 is 2.57 bits per heavy atom. The van der Waals surface area contributed by atoms with Gasteiger partial charge < -0.3 is 24.7 Å². The third kappa shape index (κ3) is 4.40. The largest absolute Gasteiger partial charge is 0.497 e. The van der Waals surface area contributed by atoms with Gasteiger partial charge in [-0.1, -0.05) is 30.3 Å². The summed E-state index contributed by atoms with van der Waals surface area (Å²) in [5.41, 5.74) is 2.74. The van der Waals surface area contributed by atoms with Crippen LogP contribution in [-0.2, 0) is 0 Å². The minimum Gasteiger partial charge on any atom is -0.497 e. The molecule has 1 saturated heterocycles. The summed E-state index contributed by atoms with van der Waals surface area (Å²) in [4.78, 5) is 22.7. The van der Waals surface area contributed by atoms with Crippen molar-refractivity contribution in [3.63, 3.8) is 0 Å². The maximum atomic E-state index is 12.9.